The van der Waals surface area contributed by atoms with Crippen LogP contribution in [0.15, 0.2) is 70.5 Å². The second kappa shape index (κ2) is 5.83. The topological polar surface area (TPSA) is 32.3 Å². The van der Waals surface area contributed by atoms with Gasteiger partial charge in [-0.25, -0.2) is 0 Å². The van der Waals surface area contributed by atoms with Crippen molar-refractivity contribution in [2.24, 2.45) is 0 Å². The van der Waals surface area contributed by atoms with E-state index in [2.05, 4.69) is 21.2 Å². The van der Waals surface area contributed by atoms with E-state index in [0.717, 1.165) is 20.0 Å². The lowest BCUT2D eigenvalue weighted by Gasteiger charge is -2.37. The van der Waals surface area contributed by atoms with Crippen molar-refractivity contribution in [3.63, 3.8) is 0 Å². The van der Waals surface area contributed by atoms with E-state index in [1.54, 1.807) is 11.3 Å². The van der Waals surface area contributed by atoms with E-state index in [1.807, 2.05) is 71.6 Å². The molecule has 1 unspecified atom stereocenters. The Hall–Kier alpha value is -2.11. The quantitative estimate of drug-likeness (QED) is 0.651. The largest absolute Gasteiger partial charge is 0.360 e. The number of para-hydroxylation sites is 2. The minimum Gasteiger partial charge on any atom is -0.360 e. The van der Waals surface area contributed by atoms with Crippen molar-refractivity contribution < 1.29 is 4.79 Å². The molecule has 23 heavy (non-hydrogen) atoms. The molecule has 0 saturated carbocycles. The first-order chi connectivity index (χ1) is 11.2. The fourth-order valence-corrected chi connectivity index (χ4v) is 4.25. The molecule has 2 heterocycles. The predicted molar refractivity (Wildman–Crippen MR) is 98.1 cm³/mol. The van der Waals surface area contributed by atoms with Gasteiger partial charge in [-0.1, -0.05) is 30.3 Å². The van der Waals surface area contributed by atoms with Gasteiger partial charge in [0.05, 0.1) is 9.35 Å². The van der Waals surface area contributed by atoms with Crippen LogP contribution in [0.1, 0.15) is 21.4 Å². The van der Waals surface area contributed by atoms with Gasteiger partial charge in [-0.15, -0.1) is 11.3 Å². The number of amides is 1. The summed E-state index contributed by atoms with van der Waals surface area (Å²) in [5.74, 6) is 0.0140. The van der Waals surface area contributed by atoms with E-state index in [-0.39, 0.29) is 12.1 Å². The Labute approximate surface area is 146 Å². The molecule has 1 aliphatic heterocycles. The lowest BCUT2D eigenvalue weighted by Crippen LogP contribution is -2.42. The molecule has 1 amide bonds. The molecular formula is C18H13BrN2OS. The summed E-state index contributed by atoms with van der Waals surface area (Å²) in [6.45, 7) is 0. The average molecular weight is 385 g/mol. The lowest BCUT2D eigenvalue weighted by molar-refractivity contribution is 0.0975. The van der Waals surface area contributed by atoms with Crippen LogP contribution < -0.4 is 10.2 Å². The van der Waals surface area contributed by atoms with Gasteiger partial charge in [-0.05, 0) is 52.3 Å². The summed E-state index contributed by atoms with van der Waals surface area (Å²) in [6, 6.07) is 21.5. The van der Waals surface area contributed by atoms with Crippen LogP contribution in [0, 0.1) is 0 Å². The summed E-state index contributed by atoms with van der Waals surface area (Å²) < 4.78 is 1.05. The molecule has 1 aromatic heterocycles. The van der Waals surface area contributed by atoms with E-state index in [4.69, 9.17) is 0 Å². The van der Waals surface area contributed by atoms with Gasteiger partial charge in [0.1, 0.15) is 6.17 Å². The SMILES string of the molecule is O=C1c2ccccc2NC(c2ccc(Br)s2)N1c1ccccc1. The van der Waals surface area contributed by atoms with Crippen LogP contribution in [0.2, 0.25) is 0 Å². The third kappa shape index (κ3) is 2.56. The molecule has 1 aliphatic rings. The van der Waals surface area contributed by atoms with Crippen molar-refractivity contribution in [1.82, 2.24) is 0 Å². The number of carbonyl (C=O) groups is 1. The summed E-state index contributed by atoms with van der Waals surface area (Å²) in [4.78, 5) is 16.0. The number of nitrogens with zero attached hydrogens (tertiary/aromatic N) is 1. The van der Waals surface area contributed by atoms with Crippen LogP contribution in [0.4, 0.5) is 11.4 Å². The minimum atomic E-state index is -0.212. The molecule has 5 heteroatoms. The standard InChI is InChI=1S/C18H13BrN2OS/c19-16-11-10-15(23-16)17-20-14-9-5-4-8-13(14)18(22)21(17)12-6-2-1-3-7-12/h1-11,17,20H. The minimum absolute atomic E-state index is 0.0140. The van der Waals surface area contributed by atoms with E-state index in [1.165, 1.54) is 0 Å². The second-order valence-corrected chi connectivity index (χ2v) is 7.74. The van der Waals surface area contributed by atoms with Gasteiger partial charge in [0.25, 0.3) is 5.91 Å². The molecule has 2 aromatic carbocycles. The van der Waals surface area contributed by atoms with E-state index < -0.39 is 0 Å². The Balaban J connectivity index is 1.86. The molecule has 4 rings (SSSR count). The van der Waals surface area contributed by atoms with Gasteiger partial charge in [0, 0.05) is 16.3 Å². The number of fused-ring (bicyclic) bond motifs is 1. The summed E-state index contributed by atoms with van der Waals surface area (Å²) >= 11 is 5.14. The molecular weight excluding hydrogens is 372 g/mol. The fraction of sp³-hybridized carbons (Fsp3) is 0.0556. The summed E-state index contributed by atoms with van der Waals surface area (Å²) in [5, 5.41) is 3.50. The number of hydrogen-bond acceptors (Lipinski definition) is 3. The highest BCUT2D eigenvalue weighted by molar-refractivity contribution is 9.11. The zero-order valence-corrected chi connectivity index (χ0v) is 14.5. The first-order valence-corrected chi connectivity index (χ1v) is 8.84. The van der Waals surface area contributed by atoms with E-state index in [0.29, 0.717) is 5.56 Å². The molecule has 0 saturated heterocycles. The molecule has 3 aromatic rings. The fourth-order valence-electron chi connectivity index (χ4n) is 2.78. The van der Waals surface area contributed by atoms with Gasteiger partial charge in [0.2, 0.25) is 0 Å². The maximum atomic E-state index is 13.1. The number of halogens is 1. The van der Waals surface area contributed by atoms with Crippen LogP contribution in [0.3, 0.4) is 0 Å². The van der Waals surface area contributed by atoms with Gasteiger partial charge in [-0.3, -0.25) is 9.69 Å². The van der Waals surface area contributed by atoms with Crippen molar-refractivity contribution in [2.75, 3.05) is 10.2 Å². The normalized spacial score (nSPS) is 16.8. The number of thiophene rings is 1. The maximum Gasteiger partial charge on any atom is 0.262 e. The summed E-state index contributed by atoms with van der Waals surface area (Å²) in [6.07, 6.45) is -0.212. The maximum absolute atomic E-state index is 13.1. The smallest absolute Gasteiger partial charge is 0.262 e. The lowest BCUT2D eigenvalue weighted by atomic mass is 10.1. The van der Waals surface area contributed by atoms with Crippen molar-refractivity contribution in [3.05, 3.63) is 81.0 Å². The highest BCUT2D eigenvalue weighted by Gasteiger charge is 2.34. The Morgan fingerprint density at radius 2 is 1.70 bits per heavy atom. The van der Waals surface area contributed by atoms with Gasteiger partial charge >= 0.3 is 0 Å². The number of benzene rings is 2. The first-order valence-electron chi connectivity index (χ1n) is 7.23. The van der Waals surface area contributed by atoms with E-state index in [9.17, 15) is 4.79 Å². The van der Waals surface area contributed by atoms with Crippen molar-refractivity contribution in [2.45, 2.75) is 6.17 Å². The third-order valence-electron chi connectivity index (χ3n) is 3.82. The number of hydrogen-bond donors (Lipinski definition) is 1. The van der Waals surface area contributed by atoms with Gasteiger partial charge in [0.15, 0.2) is 0 Å². The highest BCUT2D eigenvalue weighted by Crippen LogP contribution is 2.39. The van der Waals surface area contributed by atoms with Crippen molar-refractivity contribution >= 4 is 44.5 Å². The van der Waals surface area contributed by atoms with Crippen LogP contribution in [0.25, 0.3) is 0 Å². The monoisotopic (exact) mass is 384 g/mol. The van der Waals surface area contributed by atoms with Crippen LogP contribution in [-0.4, -0.2) is 5.91 Å². The zero-order valence-electron chi connectivity index (χ0n) is 12.1. The molecule has 3 nitrogen and oxygen atoms in total. The molecule has 0 spiro atoms. The van der Waals surface area contributed by atoms with Gasteiger partial charge in [-0.2, -0.15) is 0 Å². The van der Waals surface area contributed by atoms with Crippen molar-refractivity contribution in [3.8, 4) is 0 Å². The first kappa shape index (κ1) is 14.5. The Kier molecular flexibility index (Phi) is 3.67. The van der Waals surface area contributed by atoms with Crippen LogP contribution in [0.5, 0.6) is 0 Å². The average Bonchev–Trinajstić information content (AvgIpc) is 3.02. The molecule has 0 bridgehead atoms. The molecule has 0 fully saturated rings. The number of rotatable bonds is 2. The van der Waals surface area contributed by atoms with Crippen LogP contribution >= 0.6 is 27.3 Å². The molecule has 114 valence electrons. The Bertz CT molecular complexity index is 862. The van der Waals surface area contributed by atoms with Crippen molar-refractivity contribution in [1.29, 1.82) is 0 Å². The number of nitrogens with one attached hydrogen (secondary N) is 1. The van der Waals surface area contributed by atoms with Gasteiger partial charge < -0.3 is 5.32 Å². The molecule has 1 N–H and O–H groups in total. The molecule has 0 aliphatic carbocycles. The third-order valence-corrected chi connectivity index (χ3v) is 5.50. The second-order valence-electron chi connectivity index (χ2n) is 5.25. The predicted octanol–water partition coefficient (Wildman–Crippen LogP) is 5.28. The highest BCUT2D eigenvalue weighted by atomic mass is 79.9. The van der Waals surface area contributed by atoms with E-state index >= 15 is 0 Å². The Morgan fingerprint density at radius 3 is 2.43 bits per heavy atom. The summed E-state index contributed by atoms with van der Waals surface area (Å²) in [5.41, 5.74) is 2.46. The summed E-state index contributed by atoms with van der Waals surface area (Å²) in [7, 11) is 0. The van der Waals surface area contributed by atoms with Crippen LogP contribution in [-0.2, 0) is 0 Å². The number of carbonyl (C=O) groups excluding carboxylic acids is 1. The Morgan fingerprint density at radius 1 is 0.957 bits per heavy atom. The molecule has 0 radical (unpaired) electrons. The number of anilines is 2. The zero-order chi connectivity index (χ0) is 15.8. The molecule has 1 atom stereocenters.